The topological polar surface area (TPSA) is 18.5 Å². The summed E-state index contributed by atoms with van der Waals surface area (Å²) in [7, 11) is 0. The molecular formula is C18H24F2I2O2. The molecule has 0 N–H and O–H groups in total. The van der Waals surface area contributed by atoms with E-state index >= 15 is 0 Å². The van der Waals surface area contributed by atoms with Crippen molar-refractivity contribution in [3.63, 3.8) is 0 Å². The van der Waals surface area contributed by atoms with Crippen LogP contribution in [0.2, 0.25) is 0 Å². The van der Waals surface area contributed by atoms with Crippen molar-refractivity contribution in [3.8, 4) is 0 Å². The van der Waals surface area contributed by atoms with Gasteiger partial charge >= 0.3 is 0 Å². The van der Waals surface area contributed by atoms with E-state index in [2.05, 4.69) is 52.1 Å². The summed E-state index contributed by atoms with van der Waals surface area (Å²) in [6.07, 6.45) is 5.00. The number of hydrogen-bond acceptors (Lipinski definition) is 2. The zero-order chi connectivity index (χ0) is 17.7. The molecule has 6 heteroatoms. The van der Waals surface area contributed by atoms with Crippen LogP contribution in [-0.4, -0.2) is 29.4 Å². The first-order chi connectivity index (χ1) is 11.4. The van der Waals surface area contributed by atoms with E-state index in [1.807, 2.05) is 6.92 Å². The van der Waals surface area contributed by atoms with E-state index in [-0.39, 0.29) is 21.8 Å². The van der Waals surface area contributed by atoms with Gasteiger partial charge in [0.2, 0.25) is 0 Å². The van der Waals surface area contributed by atoms with Crippen LogP contribution < -0.4 is 0 Å². The lowest BCUT2D eigenvalue weighted by molar-refractivity contribution is -0.0187. The Balaban J connectivity index is 1.74. The molecule has 136 valence electrons. The van der Waals surface area contributed by atoms with Gasteiger partial charge in [-0.3, -0.25) is 0 Å². The van der Waals surface area contributed by atoms with Gasteiger partial charge in [-0.15, -0.1) is 0 Å². The van der Waals surface area contributed by atoms with Crippen LogP contribution in [0.4, 0.5) is 8.78 Å². The zero-order valence-corrected chi connectivity index (χ0v) is 18.4. The van der Waals surface area contributed by atoms with Gasteiger partial charge in [-0.2, -0.15) is 0 Å². The Bertz CT molecular complexity index is 519. The van der Waals surface area contributed by atoms with Crippen molar-refractivity contribution in [2.75, 3.05) is 13.2 Å². The standard InChI is InChI=1S/C18H24F2I2O2/c1-11-4-5-13(19)9-15(21)17(11)23-6-3-7-24-18-12(2)8-14(20)10-16(18)22/h5,9,12,14,16,18H,3-4,6-8,10H2,1-2H3/t12?,14?,16?,18-/m0/s1. The minimum Gasteiger partial charge on any atom is -0.492 e. The molecule has 0 saturated heterocycles. The summed E-state index contributed by atoms with van der Waals surface area (Å²) in [5.41, 5.74) is 1.03. The molecule has 0 amide bonds. The van der Waals surface area contributed by atoms with Crippen LogP contribution in [0.5, 0.6) is 0 Å². The summed E-state index contributed by atoms with van der Waals surface area (Å²) >= 11 is 4.41. The van der Waals surface area contributed by atoms with E-state index in [0.29, 0.717) is 32.5 Å². The molecule has 1 fully saturated rings. The lowest BCUT2D eigenvalue weighted by Gasteiger charge is -2.35. The summed E-state index contributed by atoms with van der Waals surface area (Å²) in [4.78, 5) is 0. The van der Waals surface area contributed by atoms with Gasteiger partial charge in [-0.1, -0.05) is 29.5 Å². The van der Waals surface area contributed by atoms with Gasteiger partial charge in [0.15, 0.2) is 0 Å². The highest BCUT2D eigenvalue weighted by molar-refractivity contribution is 14.1. The van der Waals surface area contributed by atoms with Gasteiger partial charge in [-0.25, -0.2) is 8.78 Å². The van der Waals surface area contributed by atoms with Crippen LogP contribution in [0.15, 0.2) is 32.9 Å². The number of hydrogen-bond donors (Lipinski definition) is 0. The zero-order valence-electron chi connectivity index (χ0n) is 14.0. The Morgan fingerprint density at radius 2 is 2.04 bits per heavy atom. The SMILES string of the molecule is CC1=C(OCCCO[C@H]2C(C)CC(F)CC2I)C(I)=CC(F)=CC1. The molecule has 0 bridgehead atoms. The molecule has 3 unspecified atom stereocenters. The molecule has 2 aliphatic carbocycles. The molecule has 2 nitrogen and oxygen atoms in total. The number of halogens is 4. The normalized spacial score (nSPS) is 31.4. The second-order valence-corrected chi connectivity index (χ2v) is 9.26. The lowest BCUT2D eigenvalue weighted by Crippen LogP contribution is -2.39. The first-order valence-electron chi connectivity index (χ1n) is 8.34. The molecule has 0 heterocycles. The molecule has 0 aromatic rings. The Labute approximate surface area is 170 Å². The second-order valence-electron chi connectivity index (χ2n) is 6.49. The average Bonchev–Trinajstić information content (AvgIpc) is 2.61. The third kappa shape index (κ3) is 5.93. The van der Waals surface area contributed by atoms with Crippen LogP contribution in [0.3, 0.4) is 0 Å². The first kappa shape index (κ1) is 20.6. The van der Waals surface area contributed by atoms with Crippen molar-refractivity contribution in [1.29, 1.82) is 0 Å². The highest BCUT2D eigenvalue weighted by Gasteiger charge is 2.34. The maximum Gasteiger partial charge on any atom is 0.131 e. The van der Waals surface area contributed by atoms with E-state index < -0.39 is 6.17 Å². The second kappa shape index (κ2) is 9.85. The van der Waals surface area contributed by atoms with Crippen molar-refractivity contribution < 1.29 is 18.3 Å². The minimum absolute atomic E-state index is 0.120. The fourth-order valence-corrected chi connectivity index (χ4v) is 5.46. The Morgan fingerprint density at radius 3 is 2.75 bits per heavy atom. The summed E-state index contributed by atoms with van der Waals surface area (Å²) in [5.74, 6) is 0.810. The van der Waals surface area contributed by atoms with Gasteiger partial charge in [0.05, 0.1) is 22.9 Å². The maximum absolute atomic E-state index is 13.5. The summed E-state index contributed by atoms with van der Waals surface area (Å²) in [6, 6.07) is 0. The van der Waals surface area contributed by atoms with Gasteiger partial charge in [0.25, 0.3) is 0 Å². The maximum atomic E-state index is 13.5. The number of alkyl halides is 2. The summed E-state index contributed by atoms with van der Waals surface area (Å²) in [6.45, 7) is 5.16. The van der Waals surface area contributed by atoms with Crippen molar-refractivity contribution in [3.05, 3.63) is 32.9 Å². The smallest absolute Gasteiger partial charge is 0.131 e. The van der Waals surface area contributed by atoms with Crippen LogP contribution >= 0.6 is 45.2 Å². The van der Waals surface area contributed by atoms with E-state index in [1.165, 1.54) is 6.08 Å². The number of rotatable bonds is 6. The van der Waals surface area contributed by atoms with E-state index in [4.69, 9.17) is 9.47 Å². The summed E-state index contributed by atoms with van der Waals surface area (Å²) in [5, 5.41) is 0. The van der Waals surface area contributed by atoms with Crippen molar-refractivity contribution in [2.45, 2.75) is 55.7 Å². The molecule has 0 aromatic carbocycles. The van der Waals surface area contributed by atoms with Crippen LogP contribution in [0.1, 0.15) is 39.5 Å². The van der Waals surface area contributed by atoms with E-state index in [0.717, 1.165) is 21.3 Å². The van der Waals surface area contributed by atoms with E-state index in [1.54, 1.807) is 6.08 Å². The van der Waals surface area contributed by atoms with Gasteiger partial charge < -0.3 is 9.47 Å². The fraction of sp³-hybridized carbons (Fsp3) is 0.667. The van der Waals surface area contributed by atoms with Crippen molar-refractivity contribution in [2.24, 2.45) is 5.92 Å². The minimum atomic E-state index is -0.696. The molecule has 1 saturated carbocycles. The van der Waals surface area contributed by atoms with Gasteiger partial charge in [0.1, 0.15) is 17.8 Å². The predicted molar refractivity (Wildman–Crippen MR) is 110 cm³/mol. The molecule has 0 spiro atoms. The molecule has 4 atom stereocenters. The van der Waals surface area contributed by atoms with Crippen LogP contribution in [0, 0.1) is 5.92 Å². The Morgan fingerprint density at radius 1 is 1.29 bits per heavy atom. The first-order valence-corrected chi connectivity index (χ1v) is 10.7. The Hall–Kier alpha value is 0.300. The molecule has 0 aromatic heterocycles. The van der Waals surface area contributed by atoms with Crippen molar-refractivity contribution in [1.82, 2.24) is 0 Å². The molecular weight excluding hydrogens is 540 g/mol. The molecule has 0 radical (unpaired) electrons. The highest BCUT2D eigenvalue weighted by Crippen LogP contribution is 2.34. The molecule has 0 aliphatic heterocycles. The molecule has 2 rings (SSSR count). The van der Waals surface area contributed by atoms with Gasteiger partial charge in [0, 0.05) is 10.3 Å². The van der Waals surface area contributed by atoms with Crippen LogP contribution in [-0.2, 0) is 9.47 Å². The number of ether oxygens (including phenoxy) is 2. The predicted octanol–water partition coefficient (Wildman–Crippen LogP) is 6.20. The summed E-state index contributed by atoms with van der Waals surface area (Å²) < 4.78 is 39.8. The quantitative estimate of drug-likeness (QED) is 0.218. The van der Waals surface area contributed by atoms with Gasteiger partial charge in [-0.05, 0) is 72.4 Å². The van der Waals surface area contributed by atoms with Crippen LogP contribution in [0.25, 0.3) is 0 Å². The largest absolute Gasteiger partial charge is 0.492 e. The molecule has 2 aliphatic rings. The third-order valence-corrected chi connectivity index (χ3v) is 6.36. The lowest BCUT2D eigenvalue weighted by atomic mass is 9.86. The Kier molecular flexibility index (Phi) is 8.46. The third-order valence-electron chi connectivity index (χ3n) is 4.34. The fourth-order valence-electron chi connectivity index (χ4n) is 3.07. The number of allylic oxidation sites excluding steroid dienone is 5. The molecule has 24 heavy (non-hydrogen) atoms. The monoisotopic (exact) mass is 564 g/mol. The van der Waals surface area contributed by atoms with E-state index in [9.17, 15) is 8.78 Å². The highest BCUT2D eigenvalue weighted by atomic mass is 127. The average molecular weight is 564 g/mol. The van der Waals surface area contributed by atoms with Crippen molar-refractivity contribution >= 4 is 45.2 Å².